The smallest absolute Gasteiger partial charge is 0.246 e. The average molecular weight is 399 g/mol. The molecule has 0 atom stereocenters. The summed E-state index contributed by atoms with van der Waals surface area (Å²) < 4.78 is 21.8. The van der Waals surface area contributed by atoms with Gasteiger partial charge in [0.05, 0.1) is 21.3 Å². The van der Waals surface area contributed by atoms with Crippen LogP contribution in [0.25, 0.3) is 6.08 Å². The van der Waals surface area contributed by atoms with E-state index < -0.39 is 0 Å². The third-order valence-electron chi connectivity index (χ3n) is 4.70. The zero-order chi connectivity index (χ0) is 20.6. The first-order valence-corrected chi connectivity index (χ1v) is 9.34. The summed E-state index contributed by atoms with van der Waals surface area (Å²) in [4.78, 5) is 22.3. The molecule has 1 aromatic carbocycles. The molecule has 0 spiro atoms. The Morgan fingerprint density at radius 3 is 2.34 bits per heavy atom. The number of carbonyl (C=O) groups excluding carboxylic acids is 1. The predicted molar refractivity (Wildman–Crippen MR) is 107 cm³/mol. The second kappa shape index (κ2) is 9.77. The summed E-state index contributed by atoms with van der Waals surface area (Å²) in [7, 11) is 4.67. The summed E-state index contributed by atoms with van der Waals surface area (Å²) in [5, 5.41) is 0. The van der Waals surface area contributed by atoms with Gasteiger partial charge in [-0.3, -0.25) is 4.79 Å². The Kier molecular flexibility index (Phi) is 6.89. The first-order valence-electron chi connectivity index (χ1n) is 9.34. The fourth-order valence-corrected chi connectivity index (χ4v) is 3.18. The van der Waals surface area contributed by atoms with Crippen molar-refractivity contribution in [3.05, 3.63) is 42.4 Å². The number of likely N-dealkylation sites (tertiary alicyclic amines) is 1. The van der Waals surface area contributed by atoms with Crippen molar-refractivity contribution in [3.63, 3.8) is 0 Å². The van der Waals surface area contributed by atoms with Crippen molar-refractivity contribution in [2.45, 2.75) is 18.9 Å². The minimum atomic E-state index is -0.0424. The van der Waals surface area contributed by atoms with E-state index in [1.807, 2.05) is 4.90 Å². The van der Waals surface area contributed by atoms with E-state index in [4.69, 9.17) is 18.9 Å². The molecule has 0 saturated carbocycles. The molecular formula is C21H25N3O5. The maximum absolute atomic E-state index is 12.6. The molecule has 1 fully saturated rings. The molecular weight excluding hydrogens is 374 g/mol. The minimum absolute atomic E-state index is 0.0424. The number of nitrogens with zero attached hydrogens (tertiary/aromatic N) is 3. The van der Waals surface area contributed by atoms with Gasteiger partial charge in [-0.1, -0.05) is 0 Å². The number of rotatable bonds is 7. The molecule has 1 aliphatic rings. The van der Waals surface area contributed by atoms with Gasteiger partial charge in [-0.05, 0) is 23.8 Å². The van der Waals surface area contributed by atoms with Crippen LogP contribution in [-0.4, -0.2) is 61.3 Å². The number of benzene rings is 1. The van der Waals surface area contributed by atoms with Gasteiger partial charge in [0.25, 0.3) is 0 Å². The van der Waals surface area contributed by atoms with Crippen LogP contribution in [0.1, 0.15) is 18.4 Å². The second-order valence-corrected chi connectivity index (χ2v) is 6.48. The van der Waals surface area contributed by atoms with Crippen molar-refractivity contribution in [1.29, 1.82) is 0 Å². The molecule has 8 nitrogen and oxygen atoms in total. The van der Waals surface area contributed by atoms with E-state index in [-0.39, 0.29) is 12.0 Å². The molecule has 0 radical (unpaired) electrons. The number of carbonyl (C=O) groups is 1. The van der Waals surface area contributed by atoms with Crippen LogP contribution in [0.2, 0.25) is 0 Å². The fourth-order valence-electron chi connectivity index (χ4n) is 3.18. The number of ether oxygens (including phenoxy) is 4. The van der Waals surface area contributed by atoms with Crippen molar-refractivity contribution < 1.29 is 23.7 Å². The second-order valence-electron chi connectivity index (χ2n) is 6.48. The first-order chi connectivity index (χ1) is 14.1. The Hall–Kier alpha value is -3.29. The lowest BCUT2D eigenvalue weighted by Crippen LogP contribution is -2.41. The van der Waals surface area contributed by atoms with Gasteiger partial charge in [0.2, 0.25) is 17.5 Å². The van der Waals surface area contributed by atoms with E-state index in [2.05, 4.69) is 9.97 Å². The van der Waals surface area contributed by atoms with Crippen LogP contribution < -0.4 is 18.9 Å². The van der Waals surface area contributed by atoms with E-state index in [1.54, 1.807) is 57.9 Å². The van der Waals surface area contributed by atoms with E-state index >= 15 is 0 Å². The monoisotopic (exact) mass is 399 g/mol. The molecule has 2 heterocycles. The summed E-state index contributed by atoms with van der Waals surface area (Å²) in [5.74, 6) is 2.12. The molecule has 3 rings (SSSR count). The number of hydrogen-bond acceptors (Lipinski definition) is 7. The molecule has 0 unspecified atom stereocenters. The summed E-state index contributed by atoms with van der Waals surface area (Å²) in [5.41, 5.74) is 0.787. The molecule has 1 amide bonds. The highest BCUT2D eigenvalue weighted by Gasteiger charge is 2.23. The molecule has 0 bridgehead atoms. The highest BCUT2D eigenvalue weighted by Crippen LogP contribution is 2.38. The normalized spacial score (nSPS) is 14.7. The highest BCUT2D eigenvalue weighted by molar-refractivity contribution is 5.92. The van der Waals surface area contributed by atoms with Crippen LogP contribution in [0.15, 0.2) is 36.8 Å². The highest BCUT2D eigenvalue weighted by atomic mass is 16.5. The van der Waals surface area contributed by atoms with Crippen molar-refractivity contribution in [2.24, 2.45) is 0 Å². The Bertz CT molecular complexity index is 824. The topological polar surface area (TPSA) is 83.0 Å². The molecule has 1 aromatic heterocycles. The van der Waals surface area contributed by atoms with Crippen molar-refractivity contribution in [3.8, 4) is 23.1 Å². The molecule has 154 valence electrons. The number of methoxy groups -OCH3 is 3. The molecule has 29 heavy (non-hydrogen) atoms. The summed E-state index contributed by atoms with van der Waals surface area (Å²) >= 11 is 0. The van der Waals surface area contributed by atoms with Gasteiger partial charge in [0.1, 0.15) is 12.4 Å². The molecule has 0 N–H and O–H groups in total. The zero-order valence-electron chi connectivity index (χ0n) is 16.8. The van der Waals surface area contributed by atoms with Gasteiger partial charge in [-0.15, -0.1) is 0 Å². The van der Waals surface area contributed by atoms with Crippen LogP contribution in [0.3, 0.4) is 0 Å². The van der Waals surface area contributed by atoms with E-state index in [0.717, 1.165) is 18.4 Å². The van der Waals surface area contributed by atoms with Gasteiger partial charge in [0.15, 0.2) is 11.5 Å². The Labute approximate surface area is 170 Å². The van der Waals surface area contributed by atoms with E-state index in [9.17, 15) is 4.79 Å². The predicted octanol–water partition coefficient (Wildman–Crippen LogP) is 2.59. The first kappa shape index (κ1) is 20.4. The SMILES string of the molecule is COc1cc(/C=C/C(=O)N2CCC(Oc3ccncn3)CC2)cc(OC)c1OC. The van der Waals surface area contributed by atoms with Crippen molar-refractivity contribution in [2.75, 3.05) is 34.4 Å². The number of hydrogen-bond donors (Lipinski definition) is 0. The molecule has 2 aromatic rings. The Morgan fingerprint density at radius 1 is 1.10 bits per heavy atom. The van der Waals surface area contributed by atoms with Gasteiger partial charge in [0, 0.05) is 44.3 Å². The minimum Gasteiger partial charge on any atom is -0.493 e. The quantitative estimate of drug-likeness (QED) is 0.662. The van der Waals surface area contributed by atoms with Crippen LogP contribution >= 0.6 is 0 Å². The van der Waals surface area contributed by atoms with Crippen molar-refractivity contribution in [1.82, 2.24) is 14.9 Å². The maximum atomic E-state index is 12.6. The lowest BCUT2D eigenvalue weighted by molar-refractivity contribution is -0.127. The number of piperidine rings is 1. The van der Waals surface area contributed by atoms with Crippen molar-refractivity contribution >= 4 is 12.0 Å². The number of amides is 1. The summed E-state index contributed by atoms with van der Waals surface area (Å²) in [6.45, 7) is 1.27. The fraction of sp³-hybridized carbons (Fsp3) is 0.381. The van der Waals surface area contributed by atoms with E-state index in [0.29, 0.717) is 36.2 Å². The molecule has 0 aliphatic carbocycles. The third kappa shape index (κ3) is 5.16. The zero-order valence-corrected chi connectivity index (χ0v) is 16.8. The van der Waals surface area contributed by atoms with Crippen LogP contribution in [0.5, 0.6) is 23.1 Å². The Morgan fingerprint density at radius 2 is 1.79 bits per heavy atom. The molecule has 1 aliphatic heterocycles. The molecule has 1 saturated heterocycles. The summed E-state index contributed by atoms with van der Waals surface area (Å²) in [6, 6.07) is 5.33. The van der Waals surface area contributed by atoms with Gasteiger partial charge in [-0.2, -0.15) is 0 Å². The lowest BCUT2D eigenvalue weighted by Gasteiger charge is -2.31. The van der Waals surface area contributed by atoms with Crippen LogP contribution in [-0.2, 0) is 4.79 Å². The molecule has 8 heteroatoms. The summed E-state index contributed by atoms with van der Waals surface area (Å²) in [6.07, 6.45) is 7.98. The standard InChI is InChI=1S/C21H25N3O5/c1-26-17-12-15(13-18(27-2)21(17)28-3)4-5-20(25)24-10-7-16(8-11-24)29-19-6-9-22-14-23-19/h4-6,9,12-14,16H,7-8,10-11H2,1-3H3/b5-4+. The van der Waals surface area contributed by atoms with Gasteiger partial charge >= 0.3 is 0 Å². The van der Waals surface area contributed by atoms with Crippen LogP contribution in [0.4, 0.5) is 0 Å². The largest absolute Gasteiger partial charge is 0.493 e. The van der Waals surface area contributed by atoms with Crippen LogP contribution in [0, 0.1) is 0 Å². The Balaban J connectivity index is 1.59. The maximum Gasteiger partial charge on any atom is 0.246 e. The van der Waals surface area contributed by atoms with Gasteiger partial charge < -0.3 is 23.8 Å². The number of aromatic nitrogens is 2. The average Bonchev–Trinajstić information content (AvgIpc) is 2.77. The third-order valence-corrected chi connectivity index (χ3v) is 4.70. The van der Waals surface area contributed by atoms with Gasteiger partial charge in [-0.25, -0.2) is 9.97 Å². The lowest BCUT2D eigenvalue weighted by atomic mass is 10.1. The van der Waals surface area contributed by atoms with E-state index in [1.165, 1.54) is 6.33 Å².